The van der Waals surface area contributed by atoms with Crippen LogP contribution in [-0.4, -0.2) is 25.8 Å². The first-order chi connectivity index (χ1) is 12.3. The van der Waals surface area contributed by atoms with Crippen LogP contribution in [0, 0.1) is 0 Å². The molecule has 1 aromatic carbocycles. The van der Waals surface area contributed by atoms with Gasteiger partial charge in [-0.3, -0.25) is 0 Å². The van der Waals surface area contributed by atoms with Crippen LogP contribution < -0.4 is 5.32 Å². The number of hydrogen-bond acceptors (Lipinski definition) is 5. The highest BCUT2D eigenvalue weighted by molar-refractivity contribution is 7.12. The van der Waals surface area contributed by atoms with E-state index in [2.05, 4.69) is 15.4 Å². The lowest BCUT2D eigenvalue weighted by molar-refractivity contribution is -0.143. The Morgan fingerprint density at radius 3 is 2.81 bits per heavy atom. The van der Waals surface area contributed by atoms with E-state index >= 15 is 0 Å². The van der Waals surface area contributed by atoms with E-state index in [0.29, 0.717) is 21.6 Å². The third-order valence-electron chi connectivity index (χ3n) is 3.29. The van der Waals surface area contributed by atoms with Crippen molar-refractivity contribution in [3.8, 4) is 5.13 Å². The van der Waals surface area contributed by atoms with E-state index in [9.17, 15) is 18.0 Å². The summed E-state index contributed by atoms with van der Waals surface area (Å²) in [6.07, 6.45) is -4.22. The summed E-state index contributed by atoms with van der Waals surface area (Å²) in [4.78, 5) is 15.1. The van der Waals surface area contributed by atoms with E-state index in [4.69, 9.17) is 16.7 Å². The molecule has 0 saturated carbocycles. The minimum Gasteiger partial charge on any atom is -0.478 e. The number of nitrogens with zero attached hydrogens (tertiary/aromatic N) is 3. The molecule has 0 spiro atoms. The molecular weight excluding hydrogens is 393 g/mol. The third-order valence-corrected chi connectivity index (χ3v) is 4.39. The molecule has 0 amide bonds. The van der Waals surface area contributed by atoms with Gasteiger partial charge >= 0.3 is 12.1 Å². The Labute approximate surface area is 153 Å². The molecule has 3 aromatic rings. The van der Waals surface area contributed by atoms with E-state index in [0.717, 1.165) is 17.0 Å². The molecule has 2 aromatic heterocycles. The van der Waals surface area contributed by atoms with Gasteiger partial charge in [0, 0.05) is 16.1 Å². The first-order valence-corrected chi connectivity index (χ1v) is 8.34. The van der Waals surface area contributed by atoms with Gasteiger partial charge in [-0.2, -0.15) is 18.3 Å². The smallest absolute Gasteiger partial charge is 0.434 e. The van der Waals surface area contributed by atoms with Gasteiger partial charge in [-0.25, -0.2) is 14.5 Å². The van der Waals surface area contributed by atoms with Gasteiger partial charge in [0.05, 0.1) is 18.4 Å². The highest BCUT2D eigenvalue weighted by Crippen LogP contribution is 2.34. The third kappa shape index (κ3) is 3.81. The molecule has 6 nitrogen and oxygen atoms in total. The van der Waals surface area contributed by atoms with Crippen LogP contribution in [-0.2, 0) is 12.7 Å². The number of anilines is 1. The van der Waals surface area contributed by atoms with Crippen LogP contribution in [0.25, 0.3) is 5.13 Å². The fourth-order valence-corrected chi connectivity index (χ4v) is 3.16. The summed E-state index contributed by atoms with van der Waals surface area (Å²) < 4.78 is 40.2. The Morgan fingerprint density at radius 2 is 2.15 bits per heavy atom. The van der Waals surface area contributed by atoms with Crippen LogP contribution in [0.4, 0.5) is 18.9 Å². The predicted octanol–water partition coefficient (Wildman–Crippen LogP) is 4.31. The molecule has 136 valence electrons. The molecule has 0 fully saturated rings. The van der Waals surface area contributed by atoms with Gasteiger partial charge in [-0.05, 0) is 18.2 Å². The molecular formula is C15H10ClF3N4O2S. The van der Waals surface area contributed by atoms with Crippen molar-refractivity contribution in [2.45, 2.75) is 12.7 Å². The zero-order valence-electron chi connectivity index (χ0n) is 12.8. The zero-order chi connectivity index (χ0) is 18.9. The minimum absolute atomic E-state index is 0.0762. The molecule has 26 heavy (non-hydrogen) atoms. The van der Waals surface area contributed by atoms with E-state index in [1.165, 1.54) is 0 Å². The van der Waals surface area contributed by atoms with Crippen molar-refractivity contribution in [1.29, 1.82) is 0 Å². The number of carbonyl (C=O) groups is 1. The molecule has 11 heteroatoms. The molecule has 2 N–H and O–H groups in total. The second-order valence-corrected chi connectivity index (χ2v) is 6.38. The van der Waals surface area contributed by atoms with Crippen molar-refractivity contribution < 1.29 is 23.1 Å². The molecule has 0 radical (unpaired) electrons. The maximum atomic E-state index is 13.2. The quantitative estimate of drug-likeness (QED) is 0.664. The second kappa shape index (κ2) is 6.96. The molecule has 0 aliphatic rings. The van der Waals surface area contributed by atoms with Gasteiger partial charge in [-0.15, -0.1) is 11.3 Å². The van der Waals surface area contributed by atoms with Crippen molar-refractivity contribution in [1.82, 2.24) is 14.8 Å². The molecule has 0 saturated heterocycles. The molecule has 0 bridgehead atoms. The van der Waals surface area contributed by atoms with Crippen molar-refractivity contribution >= 4 is 34.6 Å². The molecule has 0 aliphatic carbocycles. The second-order valence-electron chi connectivity index (χ2n) is 5.11. The highest BCUT2D eigenvalue weighted by atomic mass is 35.5. The summed E-state index contributed by atoms with van der Waals surface area (Å²) in [6, 6.07) is 6.95. The standard InChI is InChI=1S/C15H10ClF3N4O2S/c16-8-2-1-3-9(4-8)20-5-10-7-26-14(22-10)23-12(15(17,18)19)11(6-21-23)13(24)25/h1-4,6-7,20H,5H2,(H,24,25). The van der Waals surface area contributed by atoms with Crippen molar-refractivity contribution in [3.05, 3.63) is 57.8 Å². The molecule has 0 aliphatic heterocycles. The zero-order valence-corrected chi connectivity index (χ0v) is 14.4. The summed E-state index contributed by atoms with van der Waals surface area (Å²) >= 11 is 6.81. The van der Waals surface area contributed by atoms with Gasteiger partial charge in [0.1, 0.15) is 5.56 Å². The highest BCUT2D eigenvalue weighted by Gasteiger charge is 2.41. The van der Waals surface area contributed by atoms with Gasteiger partial charge < -0.3 is 10.4 Å². The maximum Gasteiger partial charge on any atom is 0.434 e. The number of rotatable bonds is 5. The Kier molecular flexibility index (Phi) is 4.88. The number of hydrogen-bond donors (Lipinski definition) is 2. The molecule has 0 unspecified atom stereocenters. The number of alkyl halides is 3. The van der Waals surface area contributed by atoms with E-state index in [-0.39, 0.29) is 11.7 Å². The SMILES string of the molecule is O=C(O)c1cnn(-c2nc(CNc3cccc(Cl)c3)cs2)c1C(F)(F)F. The normalized spacial score (nSPS) is 11.5. The topological polar surface area (TPSA) is 80.0 Å². The average molecular weight is 403 g/mol. The first-order valence-electron chi connectivity index (χ1n) is 7.08. The molecule has 0 atom stereocenters. The number of aromatic carboxylic acids is 1. The number of carboxylic acids is 1. The van der Waals surface area contributed by atoms with Crippen molar-refractivity contribution in [3.63, 3.8) is 0 Å². The fraction of sp³-hybridized carbons (Fsp3) is 0.133. The van der Waals surface area contributed by atoms with Crippen LogP contribution in [0.1, 0.15) is 21.7 Å². The Morgan fingerprint density at radius 1 is 1.38 bits per heavy atom. The number of halogens is 4. The molecule has 3 rings (SSSR count). The monoisotopic (exact) mass is 402 g/mol. The summed E-state index contributed by atoms with van der Waals surface area (Å²) in [7, 11) is 0. The van der Waals surface area contributed by atoms with Gasteiger partial charge in [0.2, 0.25) is 5.13 Å². The first kappa shape index (κ1) is 18.2. The van der Waals surface area contributed by atoms with E-state index in [1.807, 2.05) is 0 Å². The van der Waals surface area contributed by atoms with Gasteiger partial charge in [0.25, 0.3) is 0 Å². The fourth-order valence-electron chi connectivity index (χ4n) is 2.19. The van der Waals surface area contributed by atoms with Crippen LogP contribution in [0.15, 0.2) is 35.8 Å². The van der Waals surface area contributed by atoms with Crippen LogP contribution >= 0.6 is 22.9 Å². The summed E-state index contributed by atoms with van der Waals surface area (Å²) in [6.45, 7) is 0.255. The Bertz CT molecular complexity index is 955. The van der Waals surface area contributed by atoms with Gasteiger partial charge in [0.15, 0.2) is 5.69 Å². The maximum absolute atomic E-state index is 13.2. The van der Waals surface area contributed by atoms with Gasteiger partial charge in [-0.1, -0.05) is 17.7 Å². The largest absolute Gasteiger partial charge is 0.478 e. The van der Waals surface area contributed by atoms with Crippen LogP contribution in [0.2, 0.25) is 5.02 Å². The molecule has 2 heterocycles. The lowest BCUT2D eigenvalue weighted by atomic mass is 10.2. The Balaban J connectivity index is 1.85. The van der Waals surface area contributed by atoms with Crippen molar-refractivity contribution in [2.75, 3.05) is 5.32 Å². The summed E-state index contributed by atoms with van der Waals surface area (Å²) in [5.41, 5.74) is -1.08. The number of carboxylic acid groups (broad SMARTS) is 1. The van der Waals surface area contributed by atoms with E-state index in [1.54, 1.807) is 29.6 Å². The number of aromatic nitrogens is 3. The average Bonchev–Trinajstić information content (AvgIpc) is 3.19. The lowest BCUT2D eigenvalue weighted by Crippen LogP contribution is -2.17. The van der Waals surface area contributed by atoms with Crippen molar-refractivity contribution in [2.24, 2.45) is 0 Å². The summed E-state index contributed by atoms with van der Waals surface area (Å²) in [5, 5.41) is 17.6. The number of benzene rings is 1. The number of nitrogens with one attached hydrogen (secondary N) is 1. The predicted molar refractivity (Wildman–Crippen MR) is 90.0 cm³/mol. The lowest BCUT2D eigenvalue weighted by Gasteiger charge is -2.09. The number of thiazole rings is 1. The minimum atomic E-state index is -4.88. The van der Waals surface area contributed by atoms with E-state index < -0.39 is 23.4 Å². The van der Waals surface area contributed by atoms with Crippen LogP contribution in [0.3, 0.4) is 0 Å². The Hall–Kier alpha value is -2.59. The van der Waals surface area contributed by atoms with Crippen LogP contribution in [0.5, 0.6) is 0 Å². The summed E-state index contributed by atoms with van der Waals surface area (Å²) in [5.74, 6) is -1.71.